The number of fused-ring (bicyclic) bond motifs is 1. The van der Waals surface area contributed by atoms with Gasteiger partial charge in [0.15, 0.2) is 11.5 Å². The van der Waals surface area contributed by atoms with Gasteiger partial charge in [0.05, 0.1) is 0 Å². The van der Waals surface area contributed by atoms with Crippen LogP contribution in [-0.4, -0.2) is 32.3 Å². The van der Waals surface area contributed by atoms with Gasteiger partial charge in [0, 0.05) is 12.6 Å². The second kappa shape index (κ2) is 6.26. The van der Waals surface area contributed by atoms with Crippen LogP contribution in [0.25, 0.3) is 0 Å². The monoisotopic (exact) mass is 262 g/mol. The predicted octanol–water partition coefficient (Wildman–Crippen LogP) is 1.69. The summed E-state index contributed by atoms with van der Waals surface area (Å²) in [4.78, 5) is 0. The first-order valence-corrected chi connectivity index (χ1v) is 7.24. The van der Waals surface area contributed by atoms with Crippen molar-refractivity contribution in [3.63, 3.8) is 0 Å². The number of rotatable bonds is 7. The lowest BCUT2D eigenvalue weighted by molar-refractivity contribution is 0.171. The zero-order valence-corrected chi connectivity index (χ0v) is 11.3. The molecule has 0 bridgehead atoms. The third-order valence-corrected chi connectivity index (χ3v) is 3.48. The van der Waals surface area contributed by atoms with Crippen molar-refractivity contribution in [1.29, 1.82) is 0 Å². The summed E-state index contributed by atoms with van der Waals surface area (Å²) in [6.45, 7) is 4.36. The number of nitrogens with one attached hydrogen (secondary N) is 2. The summed E-state index contributed by atoms with van der Waals surface area (Å²) in [6.07, 6.45) is 3.91. The lowest BCUT2D eigenvalue weighted by atomic mass is 10.2. The van der Waals surface area contributed by atoms with Crippen molar-refractivity contribution in [2.45, 2.75) is 31.8 Å². The molecule has 2 aliphatic rings. The Labute approximate surface area is 114 Å². The molecule has 1 fully saturated rings. The van der Waals surface area contributed by atoms with Gasteiger partial charge < -0.3 is 20.1 Å². The molecule has 0 atom stereocenters. The van der Waals surface area contributed by atoms with Crippen LogP contribution in [0.2, 0.25) is 0 Å². The Morgan fingerprint density at radius 3 is 2.74 bits per heavy atom. The van der Waals surface area contributed by atoms with Crippen molar-refractivity contribution in [3.8, 4) is 11.5 Å². The SMILES string of the molecule is c1cc2c(cc1CNCCCNC1CC1)OCCO2. The van der Waals surface area contributed by atoms with Crippen LogP contribution in [0.4, 0.5) is 0 Å². The highest BCUT2D eigenvalue weighted by Gasteiger charge is 2.19. The lowest BCUT2D eigenvalue weighted by Crippen LogP contribution is -2.23. The summed E-state index contributed by atoms with van der Waals surface area (Å²) >= 11 is 0. The summed E-state index contributed by atoms with van der Waals surface area (Å²) < 4.78 is 11.1. The lowest BCUT2D eigenvalue weighted by Gasteiger charge is -2.19. The molecule has 1 aromatic rings. The van der Waals surface area contributed by atoms with E-state index < -0.39 is 0 Å². The molecule has 0 amide bonds. The number of ether oxygens (including phenoxy) is 2. The fourth-order valence-corrected chi connectivity index (χ4v) is 2.24. The molecule has 2 N–H and O–H groups in total. The third-order valence-electron chi connectivity index (χ3n) is 3.48. The van der Waals surface area contributed by atoms with Gasteiger partial charge in [-0.05, 0) is 50.0 Å². The number of benzene rings is 1. The zero-order valence-electron chi connectivity index (χ0n) is 11.3. The molecule has 0 spiro atoms. The molecule has 0 radical (unpaired) electrons. The molecule has 19 heavy (non-hydrogen) atoms. The van der Waals surface area contributed by atoms with Crippen molar-refractivity contribution < 1.29 is 9.47 Å². The number of hydrogen-bond acceptors (Lipinski definition) is 4. The Morgan fingerprint density at radius 1 is 1.05 bits per heavy atom. The molecule has 1 heterocycles. The summed E-state index contributed by atoms with van der Waals surface area (Å²) in [5.74, 6) is 1.74. The molecule has 1 saturated carbocycles. The Kier molecular flexibility index (Phi) is 4.20. The van der Waals surface area contributed by atoms with Crippen LogP contribution in [0, 0.1) is 0 Å². The first kappa shape index (κ1) is 12.8. The Hall–Kier alpha value is -1.26. The van der Waals surface area contributed by atoms with E-state index in [2.05, 4.69) is 22.8 Å². The maximum atomic E-state index is 5.58. The summed E-state index contributed by atoms with van der Waals surface area (Å²) in [5.41, 5.74) is 1.25. The van der Waals surface area contributed by atoms with E-state index in [1.54, 1.807) is 0 Å². The maximum absolute atomic E-state index is 5.58. The normalized spacial score (nSPS) is 17.5. The van der Waals surface area contributed by atoms with Crippen LogP contribution in [0.1, 0.15) is 24.8 Å². The molecular formula is C15H22N2O2. The summed E-state index contributed by atoms with van der Waals surface area (Å²) in [7, 11) is 0. The molecule has 0 saturated heterocycles. The van der Waals surface area contributed by atoms with E-state index in [-0.39, 0.29) is 0 Å². The Bertz CT molecular complexity index is 419. The van der Waals surface area contributed by atoms with Gasteiger partial charge in [-0.25, -0.2) is 0 Å². The van der Waals surface area contributed by atoms with Crippen LogP contribution in [0.3, 0.4) is 0 Å². The van der Waals surface area contributed by atoms with E-state index in [0.717, 1.165) is 37.2 Å². The molecule has 1 aliphatic carbocycles. The van der Waals surface area contributed by atoms with Gasteiger partial charge in [0.25, 0.3) is 0 Å². The maximum Gasteiger partial charge on any atom is 0.161 e. The Morgan fingerprint density at radius 2 is 1.89 bits per heavy atom. The van der Waals surface area contributed by atoms with Gasteiger partial charge in [-0.2, -0.15) is 0 Å². The van der Waals surface area contributed by atoms with E-state index in [1.807, 2.05) is 6.07 Å². The first-order valence-electron chi connectivity index (χ1n) is 7.24. The molecular weight excluding hydrogens is 240 g/mol. The molecule has 4 nitrogen and oxygen atoms in total. The van der Waals surface area contributed by atoms with Crippen molar-refractivity contribution in [3.05, 3.63) is 23.8 Å². The van der Waals surface area contributed by atoms with Crippen LogP contribution >= 0.6 is 0 Å². The highest BCUT2D eigenvalue weighted by atomic mass is 16.6. The van der Waals surface area contributed by atoms with Crippen LogP contribution in [0.15, 0.2) is 18.2 Å². The zero-order chi connectivity index (χ0) is 12.9. The van der Waals surface area contributed by atoms with E-state index in [4.69, 9.17) is 9.47 Å². The van der Waals surface area contributed by atoms with Gasteiger partial charge in [0.2, 0.25) is 0 Å². The fraction of sp³-hybridized carbons (Fsp3) is 0.600. The van der Waals surface area contributed by atoms with Gasteiger partial charge in [0.1, 0.15) is 13.2 Å². The molecule has 0 unspecified atom stereocenters. The molecule has 3 rings (SSSR count). The largest absolute Gasteiger partial charge is 0.486 e. The highest BCUT2D eigenvalue weighted by molar-refractivity contribution is 5.43. The van der Waals surface area contributed by atoms with Gasteiger partial charge in [-0.1, -0.05) is 6.07 Å². The topological polar surface area (TPSA) is 42.5 Å². The highest BCUT2D eigenvalue weighted by Crippen LogP contribution is 2.30. The van der Waals surface area contributed by atoms with Gasteiger partial charge in [-0.3, -0.25) is 0 Å². The average molecular weight is 262 g/mol. The van der Waals surface area contributed by atoms with Crippen molar-refractivity contribution in [2.24, 2.45) is 0 Å². The third kappa shape index (κ3) is 3.85. The van der Waals surface area contributed by atoms with Crippen LogP contribution in [0.5, 0.6) is 11.5 Å². The second-order valence-corrected chi connectivity index (χ2v) is 5.24. The molecule has 4 heteroatoms. The molecule has 1 aromatic carbocycles. The summed E-state index contributed by atoms with van der Waals surface area (Å²) in [6, 6.07) is 6.99. The van der Waals surface area contributed by atoms with E-state index in [0.29, 0.717) is 13.2 Å². The van der Waals surface area contributed by atoms with E-state index in [1.165, 1.54) is 24.8 Å². The van der Waals surface area contributed by atoms with Crippen molar-refractivity contribution >= 4 is 0 Å². The molecule has 1 aliphatic heterocycles. The first-order chi connectivity index (χ1) is 9.42. The van der Waals surface area contributed by atoms with Crippen LogP contribution in [-0.2, 0) is 6.54 Å². The van der Waals surface area contributed by atoms with Gasteiger partial charge >= 0.3 is 0 Å². The van der Waals surface area contributed by atoms with Crippen molar-refractivity contribution in [2.75, 3.05) is 26.3 Å². The van der Waals surface area contributed by atoms with E-state index in [9.17, 15) is 0 Å². The van der Waals surface area contributed by atoms with Crippen LogP contribution < -0.4 is 20.1 Å². The predicted molar refractivity (Wildman–Crippen MR) is 74.8 cm³/mol. The van der Waals surface area contributed by atoms with Gasteiger partial charge in [-0.15, -0.1) is 0 Å². The van der Waals surface area contributed by atoms with Crippen molar-refractivity contribution in [1.82, 2.24) is 10.6 Å². The van der Waals surface area contributed by atoms with E-state index >= 15 is 0 Å². The number of hydrogen-bond donors (Lipinski definition) is 2. The second-order valence-electron chi connectivity index (χ2n) is 5.24. The quantitative estimate of drug-likeness (QED) is 0.734. The minimum Gasteiger partial charge on any atom is -0.486 e. The minimum absolute atomic E-state index is 0.650. The minimum atomic E-state index is 0.650. The average Bonchev–Trinajstić information content (AvgIpc) is 3.27. The smallest absolute Gasteiger partial charge is 0.161 e. The standard InChI is InChI=1S/C15H22N2O2/c1(7-17-13-3-4-13)6-16-11-12-2-5-14-15(10-12)19-9-8-18-14/h2,5,10,13,16-17H,1,3-4,6-9,11H2. The molecule has 0 aromatic heterocycles. The fourth-order valence-electron chi connectivity index (χ4n) is 2.24. The molecule has 104 valence electrons. The Balaban J connectivity index is 1.37. The summed E-state index contributed by atoms with van der Waals surface area (Å²) in [5, 5.41) is 6.99.